The predicted octanol–water partition coefficient (Wildman–Crippen LogP) is 0.519. The lowest BCUT2D eigenvalue weighted by molar-refractivity contribution is 0.235. The lowest BCUT2D eigenvalue weighted by Gasteiger charge is -2.16. The largest absolute Gasteiger partial charge is 0.447 e. The van der Waals surface area contributed by atoms with Crippen LogP contribution in [0.25, 0.3) is 0 Å². The van der Waals surface area contributed by atoms with Gasteiger partial charge in [-0.1, -0.05) is 0 Å². The molecule has 0 unspecified atom stereocenters. The first kappa shape index (κ1) is 5.56. The average Bonchev–Trinajstić information content (AvgIpc) is 2.33. The van der Waals surface area contributed by atoms with Crippen molar-refractivity contribution in [2.75, 3.05) is 0 Å². The number of nitrogens with zero attached hydrogens (tertiary/aromatic N) is 1. The van der Waals surface area contributed by atoms with E-state index in [2.05, 4.69) is 0 Å². The summed E-state index contributed by atoms with van der Waals surface area (Å²) in [5, 5.41) is 9.06. The molecular weight excluding hydrogens is 130 g/mol. The van der Waals surface area contributed by atoms with Crippen molar-refractivity contribution < 1.29 is 9.84 Å². The van der Waals surface area contributed by atoms with Crippen LogP contribution in [-0.2, 0) is 4.74 Å². The van der Waals surface area contributed by atoms with E-state index in [0.29, 0.717) is 5.88 Å². The van der Waals surface area contributed by atoms with Gasteiger partial charge in [0.25, 0.3) is 0 Å². The summed E-state index contributed by atoms with van der Waals surface area (Å²) in [5.74, 6) is 0.676. The highest BCUT2D eigenvalue weighted by atomic mass is 16.5. The SMILES string of the molecule is O[C@@H]1C=CN2C=COC2=C1. The molecule has 0 aliphatic carbocycles. The van der Waals surface area contributed by atoms with Crippen LogP contribution in [0.4, 0.5) is 0 Å². The monoisotopic (exact) mass is 137 g/mol. The van der Waals surface area contributed by atoms with Gasteiger partial charge in [-0.05, 0) is 6.08 Å². The fourth-order valence-corrected chi connectivity index (χ4v) is 0.931. The minimum Gasteiger partial charge on any atom is -0.447 e. The first-order valence-corrected chi connectivity index (χ1v) is 3.06. The molecule has 0 saturated carbocycles. The molecule has 2 aliphatic heterocycles. The standard InChI is InChI=1S/C7H7NO2/c9-6-1-2-8-3-4-10-7(8)5-6/h1-6,9H/t6-/m1/s1. The number of ether oxygens (including phenoxy) is 1. The third-order valence-electron chi connectivity index (χ3n) is 1.42. The number of hydrogen-bond acceptors (Lipinski definition) is 3. The van der Waals surface area contributed by atoms with E-state index in [4.69, 9.17) is 9.84 Å². The normalized spacial score (nSPS) is 27.9. The highest BCUT2D eigenvalue weighted by Gasteiger charge is 2.15. The van der Waals surface area contributed by atoms with Gasteiger partial charge in [0, 0.05) is 18.5 Å². The molecule has 0 aromatic heterocycles. The number of aliphatic hydroxyl groups excluding tert-OH is 1. The molecule has 0 amide bonds. The van der Waals surface area contributed by atoms with Gasteiger partial charge in [-0.25, -0.2) is 0 Å². The van der Waals surface area contributed by atoms with E-state index in [0.717, 1.165) is 0 Å². The van der Waals surface area contributed by atoms with Crippen LogP contribution in [-0.4, -0.2) is 16.1 Å². The first-order chi connectivity index (χ1) is 4.86. The average molecular weight is 137 g/mol. The zero-order valence-corrected chi connectivity index (χ0v) is 5.27. The maximum Gasteiger partial charge on any atom is 0.202 e. The van der Waals surface area contributed by atoms with Gasteiger partial charge in [-0.3, -0.25) is 4.90 Å². The van der Waals surface area contributed by atoms with Gasteiger partial charge in [0.15, 0.2) is 0 Å². The molecule has 0 saturated heterocycles. The smallest absolute Gasteiger partial charge is 0.202 e. The third kappa shape index (κ3) is 0.717. The molecule has 52 valence electrons. The van der Waals surface area contributed by atoms with E-state index in [-0.39, 0.29) is 0 Å². The van der Waals surface area contributed by atoms with Crippen LogP contribution in [0.2, 0.25) is 0 Å². The van der Waals surface area contributed by atoms with Gasteiger partial charge in [0.05, 0.1) is 6.10 Å². The Balaban J connectivity index is 2.27. The van der Waals surface area contributed by atoms with E-state index in [1.807, 2.05) is 0 Å². The van der Waals surface area contributed by atoms with Gasteiger partial charge < -0.3 is 9.84 Å². The molecule has 10 heavy (non-hydrogen) atoms. The van der Waals surface area contributed by atoms with Crippen LogP contribution >= 0.6 is 0 Å². The van der Waals surface area contributed by atoms with Crippen molar-refractivity contribution in [1.29, 1.82) is 0 Å². The Kier molecular flexibility index (Phi) is 1.05. The minimum atomic E-state index is -0.508. The van der Waals surface area contributed by atoms with Crippen molar-refractivity contribution in [2.45, 2.75) is 6.10 Å². The summed E-state index contributed by atoms with van der Waals surface area (Å²) in [5.41, 5.74) is 0. The molecule has 1 atom stereocenters. The predicted molar refractivity (Wildman–Crippen MR) is 35.3 cm³/mol. The second-order valence-corrected chi connectivity index (χ2v) is 2.15. The lowest BCUT2D eigenvalue weighted by atomic mass is 10.3. The lowest BCUT2D eigenvalue weighted by Crippen LogP contribution is -2.14. The Hall–Kier alpha value is -1.22. The molecule has 0 radical (unpaired) electrons. The molecule has 0 aromatic rings. The van der Waals surface area contributed by atoms with Gasteiger partial charge >= 0.3 is 0 Å². The molecule has 0 bridgehead atoms. The van der Waals surface area contributed by atoms with Crippen molar-refractivity contribution in [3.05, 3.63) is 36.7 Å². The topological polar surface area (TPSA) is 32.7 Å². The summed E-state index contributed by atoms with van der Waals surface area (Å²) >= 11 is 0. The Morgan fingerprint density at radius 2 is 2.40 bits per heavy atom. The molecule has 3 heteroatoms. The number of aliphatic hydroxyl groups is 1. The molecular formula is C7H7NO2. The maximum absolute atomic E-state index is 9.06. The van der Waals surface area contributed by atoms with E-state index in [9.17, 15) is 0 Å². The van der Waals surface area contributed by atoms with Gasteiger partial charge in [0.1, 0.15) is 6.26 Å². The third-order valence-corrected chi connectivity index (χ3v) is 1.42. The summed E-state index contributed by atoms with van der Waals surface area (Å²) in [6.07, 6.45) is 7.94. The number of hydrogen-bond donors (Lipinski definition) is 1. The molecule has 1 N–H and O–H groups in total. The zero-order chi connectivity index (χ0) is 6.97. The van der Waals surface area contributed by atoms with E-state index in [1.165, 1.54) is 0 Å². The highest BCUT2D eigenvalue weighted by Crippen LogP contribution is 2.19. The summed E-state index contributed by atoms with van der Waals surface area (Å²) in [6, 6.07) is 0. The highest BCUT2D eigenvalue weighted by molar-refractivity contribution is 5.19. The molecule has 0 spiro atoms. The van der Waals surface area contributed by atoms with Gasteiger partial charge in [-0.2, -0.15) is 0 Å². The van der Waals surface area contributed by atoms with Crippen LogP contribution in [0.3, 0.4) is 0 Å². The molecule has 3 nitrogen and oxygen atoms in total. The number of fused-ring (bicyclic) bond motifs is 1. The fourth-order valence-electron chi connectivity index (χ4n) is 0.931. The van der Waals surface area contributed by atoms with E-state index in [1.54, 1.807) is 35.7 Å². The van der Waals surface area contributed by atoms with Crippen LogP contribution < -0.4 is 0 Å². The van der Waals surface area contributed by atoms with Crippen molar-refractivity contribution in [2.24, 2.45) is 0 Å². The summed E-state index contributed by atoms with van der Waals surface area (Å²) in [7, 11) is 0. The summed E-state index contributed by atoms with van der Waals surface area (Å²) < 4.78 is 5.02. The van der Waals surface area contributed by atoms with E-state index < -0.39 is 6.10 Å². The Labute approximate surface area is 58.5 Å². The molecule has 0 aromatic carbocycles. The molecule has 2 heterocycles. The van der Waals surface area contributed by atoms with Gasteiger partial charge in [-0.15, -0.1) is 0 Å². The zero-order valence-electron chi connectivity index (χ0n) is 5.27. The van der Waals surface area contributed by atoms with Crippen molar-refractivity contribution >= 4 is 0 Å². The quantitative estimate of drug-likeness (QED) is 0.528. The van der Waals surface area contributed by atoms with Crippen LogP contribution in [0.15, 0.2) is 36.7 Å². The summed E-state index contributed by atoms with van der Waals surface area (Å²) in [6.45, 7) is 0. The maximum atomic E-state index is 9.06. The molecule has 2 aliphatic rings. The van der Waals surface area contributed by atoms with Crippen LogP contribution in [0.1, 0.15) is 0 Å². The second kappa shape index (κ2) is 1.88. The second-order valence-electron chi connectivity index (χ2n) is 2.15. The Bertz CT molecular complexity index is 230. The van der Waals surface area contributed by atoms with Gasteiger partial charge in [0.2, 0.25) is 5.88 Å². The van der Waals surface area contributed by atoms with Crippen molar-refractivity contribution in [3.63, 3.8) is 0 Å². The summed E-state index contributed by atoms with van der Waals surface area (Å²) in [4.78, 5) is 1.80. The van der Waals surface area contributed by atoms with Crippen LogP contribution in [0, 0.1) is 0 Å². The van der Waals surface area contributed by atoms with E-state index >= 15 is 0 Å². The number of rotatable bonds is 0. The molecule has 0 fully saturated rings. The first-order valence-electron chi connectivity index (χ1n) is 3.06. The van der Waals surface area contributed by atoms with Crippen LogP contribution in [0.5, 0.6) is 0 Å². The molecule has 2 rings (SSSR count). The van der Waals surface area contributed by atoms with Crippen molar-refractivity contribution in [1.82, 2.24) is 4.90 Å². The Morgan fingerprint density at radius 1 is 1.50 bits per heavy atom. The minimum absolute atomic E-state index is 0.508. The van der Waals surface area contributed by atoms with Crippen molar-refractivity contribution in [3.8, 4) is 0 Å². The fraction of sp³-hybridized carbons (Fsp3) is 0.143. The Morgan fingerprint density at radius 3 is 3.30 bits per heavy atom.